The van der Waals surface area contributed by atoms with Crippen molar-refractivity contribution in [2.75, 3.05) is 10.8 Å². The second kappa shape index (κ2) is 12.6. The van der Waals surface area contributed by atoms with E-state index in [0.29, 0.717) is 15.6 Å². The Morgan fingerprint density at radius 3 is 2.03 bits per heavy atom. The minimum atomic E-state index is -4.24. The molecule has 0 aliphatic carbocycles. The van der Waals surface area contributed by atoms with Gasteiger partial charge in [-0.15, -0.1) is 0 Å². The molecule has 0 aliphatic heterocycles. The molecule has 0 aliphatic rings. The summed E-state index contributed by atoms with van der Waals surface area (Å²) in [6.45, 7) is 4.29. The van der Waals surface area contributed by atoms with E-state index in [1.807, 2.05) is 0 Å². The molecule has 0 radical (unpaired) electrons. The minimum Gasteiger partial charge on any atom is -0.352 e. The van der Waals surface area contributed by atoms with Gasteiger partial charge in [-0.1, -0.05) is 47.5 Å². The van der Waals surface area contributed by atoms with E-state index < -0.39 is 40.2 Å². The van der Waals surface area contributed by atoms with Gasteiger partial charge >= 0.3 is 0 Å². The molecule has 3 aromatic rings. The highest BCUT2D eigenvalue weighted by Gasteiger charge is 2.33. The van der Waals surface area contributed by atoms with Gasteiger partial charge in [-0.3, -0.25) is 13.9 Å². The smallest absolute Gasteiger partial charge is 0.264 e. The summed E-state index contributed by atoms with van der Waals surface area (Å²) in [7, 11) is -4.24. The van der Waals surface area contributed by atoms with Crippen molar-refractivity contribution in [3.8, 4) is 0 Å². The van der Waals surface area contributed by atoms with Gasteiger partial charge in [0.05, 0.1) is 10.6 Å². The highest BCUT2D eigenvalue weighted by molar-refractivity contribution is 7.92. The Kier molecular flexibility index (Phi) is 9.76. The maximum absolute atomic E-state index is 13.8. The lowest BCUT2D eigenvalue weighted by molar-refractivity contribution is -0.139. The molecule has 1 unspecified atom stereocenters. The van der Waals surface area contributed by atoms with Crippen LogP contribution >= 0.6 is 23.2 Å². The molecule has 0 aromatic heterocycles. The number of nitrogens with one attached hydrogen (secondary N) is 1. The lowest BCUT2D eigenvalue weighted by Crippen LogP contribution is -2.52. The minimum absolute atomic E-state index is 0.0524. The van der Waals surface area contributed by atoms with Crippen molar-refractivity contribution in [2.45, 2.75) is 44.3 Å². The number of benzene rings is 3. The molecule has 0 bridgehead atoms. The third kappa shape index (κ3) is 7.03. The summed E-state index contributed by atoms with van der Waals surface area (Å²) in [4.78, 5) is 27.9. The molecule has 2 amide bonds. The Labute approximate surface area is 232 Å². The van der Waals surface area contributed by atoms with Crippen LogP contribution in [0.15, 0.2) is 77.7 Å². The van der Waals surface area contributed by atoms with E-state index in [-0.39, 0.29) is 23.2 Å². The van der Waals surface area contributed by atoms with Gasteiger partial charge in [0, 0.05) is 28.2 Å². The van der Waals surface area contributed by atoms with Crippen LogP contribution in [0, 0.1) is 5.82 Å². The predicted octanol–water partition coefficient (Wildman–Crippen LogP) is 5.27. The van der Waals surface area contributed by atoms with Crippen molar-refractivity contribution in [3.63, 3.8) is 0 Å². The van der Waals surface area contributed by atoms with Crippen LogP contribution in [0.2, 0.25) is 10.0 Å². The number of anilines is 1. The monoisotopic (exact) mass is 579 g/mol. The average molecular weight is 581 g/mol. The van der Waals surface area contributed by atoms with E-state index in [9.17, 15) is 22.4 Å². The van der Waals surface area contributed by atoms with Gasteiger partial charge in [0.15, 0.2) is 0 Å². The van der Waals surface area contributed by atoms with Crippen LogP contribution < -0.4 is 9.62 Å². The summed E-state index contributed by atoms with van der Waals surface area (Å²) in [5, 5.41) is 3.35. The number of hydrogen-bond acceptors (Lipinski definition) is 4. The van der Waals surface area contributed by atoms with Crippen LogP contribution in [0.25, 0.3) is 0 Å². The lowest BCUT2D eigenvalue weighted by Gasteiger charge is -2.32. The molecular weight excluding hydrogens is 552 g/mol. The van der Waals surface area contributed by atoms with Gasteiger partial charge in [0.2, 0.25) is 11.8 Å². The number of amides is 2. The number of rotatable bonds is 10. The van der Waals surface area contributed by atoms with E-state index in [1.165, 1.54) is 36.1 Å². The van der Waals surface area contributed by atoms with Crippen LogP contribution in [0.4, 0.5) is 10.1 Å². The number of carbonyl (C=O) groups is 2. The van der Waals surface area contributed by atoms with Crippen LogP contribution in [-0.2, 0) is 26.2 Å². The predicted molar refractivity (Wildman–Crippen MR) is 147 cm³/mol. The molecule has 0 fully saturated rings. The summed E-state index contributed by atoms with van der Waals surface area (Å²) in [5.41, 5.74) is 0.492. The van der Waals surface area contributed by atoms with Crippen LogP contribution in [0.1, 0.15) is 26.3 Å². The van der Waals surface area contributed by atoms with Crippen LogP contribution in [0.5, 0.6) is 0 Å². The fraction of sp³-hybridized carbons (Fsp3) is 0.259. The number of halogens is 3. The summed E-state index contributed by atoms with van der Waals surface area (Å²) in [6, 6.07) is 16.0. The summed E-state index contributed by atoms with van der Waals surface area (Å²) < 4.78 is 41.8. The fourth-order valence-corrected chi connectivity index (χ4v) is 5.65. The van der Waals surface area contributed by atoms with Gasteiger partial charge in [-0.05, 0) is 69.3 Å². The summed E-state index contributed by atoms with van der Waals surface area (Å²) in [6.07, 6.45) is 0. The molecule has 38 heavy (non-hydrogen) atoms. The lowest BCUT2D eigenvalue weighted by atomic mass is 10.1. The maximum atomic E-state index is 13.8. The van der Waals surface area contributed by atoms with Crippen LogP contribution in [-0.4, -0.2) is 43.8 Å². The molecule has 0 heterocycles. The van der Waals surface area contributed by atoms with Crippen molar-refractivity contribution in [3.05, 3.63) is 94.2 Å². The fourth-order valence-electron chi connectivity index (χ4n) is 3.70. The SMILES string of the molecule is CC(C)NC(=O)C(C)N(Cc1c(Cl)cccc1Cl)C(=O)CN(c1ccc(F)cc1)S(=O)(=O)c1ccccc1. The van der Waals surface area contributed by atoms with Crippen molar-refractivity contribution in [1.29, 1.82) is 0 Å². The average Bonchev–Trinajstić information content (AvgIpc) is 2.87. The van der Waals surface area contributed by atoms with E-state index in [1.54, 1.807) is 50.2 Å². The molecule has 1 atom stereocenters. The maximum Gasteiger partial charge on any atom is 0.264 e. The topological polar surface area (TPSA) is 86.8 Å². The summed E-state index contributed by atoms with van der Waals surface area (Å²) >= 11 is 12.7. The van der Waals surface area contributed by atoms with Crippen molar-refractivity contribution < 1.29 is 22.4 Å². The molecule has 1 N–H and O–H groups in total. The first-order chi connectivity index (χ1) is 17.9. The molecule has 3 aromatic carbocycles. The van der Waals surface area contributed by atoms with Gasteiger partial charge < -0.3 is 10.2 Å². The molecule has 11 heteroatoms. The molecule has 3 rings (SSSR count). The van der Waals surface area contributed by atoms with Gasteiger partial charge in [-0.2, -0.15) is 0 Å². The first-order valence-electron chi connectivity index (χ1n) is 11.8. The third-order valence-corrected chi connectivity index (χ3v) is 8.21. The quantitative estimate of drug-likeness (QED) is 0.354. The Bertz CT molecular complexity index is 1370. The Morgan fingerprint density at radius 1 is 0.895 bits per heavy atom. The number of carbonyl (C=O) groups excluding carboxylic acids is 2. The van der Waals surface area contributed by atoms with Gasteiger partial charge in [0.25, 0.3) is 10.0 Å². The van der Waals surface area contributed by atoms with E-state index in [2.05, 4.69) is 5.32 Å². The second-order valence-corrected chi connectivity index (χ2v) is 11.5. The van der Waals surface area contributed by atoms with Gasteiger partial charge in [-0.25, -0.2) is 12.8 Å². The Hall–Kier alpha value is -3.14. The van der Waals surface area contributed by atoms with Gasteiger partial charge in [0.1, 0.15) is 18.4 Å². The van der Waals surface area contributed by atoms with Crippen LogP contribution in [0.3, 0.4) is 0 Å². The Balaban J connectivity index is 2.05. The molecule has 0 saturated heterocycles. The normalized spacial score (nSPS) is 12.2. The highest BCUT2D eigenvalue weighted by Crippen LogP contribution is 2.28. The second-order valence-electron chi connectivity index (χ2n) is 8.86. The zero-order chi connectivity index (χ0) is 28.0. The van der Waals surface area contributed by atoms with Crippen molar-refractivity contribution >= 4 is 50.7 Å². The molecule has 202 valence electrons. The highest BCUT2D eigenvalue weighted by atomic mass is 35.5. The Morgan fingerprint density at radius 2 is 1.47 bits per heavy atom. The van der Waals surface area contributed by atoms with E-state index in [4.69, 9.17) is 23.2 Å². The van der Waals surface area contributed by atoms with Crippen molar-refractivity contribution in [1.82, 2.24) is 10.2 Å². The number of hydrogen-bond donors (Lipinski definition) is 1. The zero-order valence-electron chi connectivity index (χ0n) is 21.1. The number of nitrogens with zero attached hydrogens (tertiary/aromatic N) is 2. The molecule has 7 nitrogen and oxygen atoms in total. The first-order valence-corrected chi connectivity index (χ1v) is 14.0. The molecule has 0 saturated carbocycles. The third-order valence-electron chi connectivity index (χ3n) is 5.71. The summed E-state index contributed by atoms with van der Waals surface area (Å²) in [5.74, 6) is -1.68. The van der Waals surface area contributed by atoms with E-state index >= 15 is 0 Å². The zero-order valence-corrected chi connectivity index (χ0v) is 23.4. The number of sulfonamides is 1. The molecule has 0 spiro atoms. The molecular formula is C27H28Cl2FN3O4S. The first kappa shape index (κ1) is 29.4. The largest absolute Gasteiger partial charge is 0.352 e. The standard InChI is InChI=1S/C27H28Cl2FN3O4S/c1-18(2)31-27(35)19(3)32(16-23-24(28)10-7-11-25(23)29)26(34)17-33(21-14-12-20(30)13-15-21)38(36,37)22-8-5-4-6-9-22/h4-15,18-19H,16-17H2,1-3H3,(H,31,35). The van der Waals surface area contributed by atoms with Crippen molar-refractivity contribution in [2.24, 2.45) is 0 Å². The van der Waals surface area contributed by atoms with E-state index in [0.717, 1.165) is 16.4 Å².